The van der Waals surface area contributed by atoms with E-state index in [1.807, 2.05) is 24.3 Å². The second-order valence-electron chi connectivity index (χ2n) is 8.52. The molecule has 1 fully saturated rings. The van der Waals surface area contributed by atoms with Gasteiger partial charge in [0.15, 0.2) is 0 Å². The molecule has 2 aromatic rings. The van der Waals surface area contributed by atoms with Gasteiger partial charge in [0.25, 0.3) is 0 Å². The van der Waals surface area contributed by atoms with Gasteiger partial charge >= 0.3 is 0 Å². The van der Waals surface area contributed by atoms with Gasteiger partial charge in [0.2, 0.25) is 15.9 Å². The molecule has 180 valence electrons. The van der Waals surface area contributed by atoms with E-state index in [0.717, 1.165) is 11.3 Å². The van der Waals surface area contributed by atoms with Crippen LogP contribution in [0.15, 0.2) is 42.5 Å². The van der Waals surface area contributed by atoms with Gasteiger partial charge in [-0.05, 0) is 48.1 Å². The summed E-state index contributed by atoms with van der Waals surface area (Å²) in [5.74, 6) is 0.393. The summed E-state index contributed by atoms with van der Waals surface area (Å²) >= 11 is 12.1. The highest BCUT2D eigenvalue weighted by atomic mass is 35.5. The second kappa shape index (κ2) is 11.6. The van der Waals surface area contributed by atoms with Crippen molar-refractivity contribution in [1.29, 1.82) is 0 Å². The van der Waals surface area contributed by atoms with Crippen molar-refractivity contribution in [2.24, 2.45) is 5.92 Å². The van der Waals surface area contributed by atoms with E-state index in [4.69, 9.17) is 27.9 Å². The van der Waals surface area contributed by atoms with Crippen LogP contribution in [-0.4, -0.2) is 44.9 Å². The minimum atomic E-state index is -3.61. The van der Waals surface area contributed by atoms with Crippen molar-refractivity contribution >= 4 is 39.1 Å². The Morgan fingerprint density at radius 1 is 1.21 bits per heavy atom. The predicted octanol–water partition coefficient (Wildman–Crippen LogP) is 4.85. The number of para-hydroxylation sites is 1. The Morgan fingerprint density at radius 3 is 2.70 bits per heavy atom. The fourth-order valence-corrected chi connectivity index (χ4v) is 6.10. The van der Waals surface area contributed by atoms with Gasteiger partial charge in [-0.3, -0.25) is 4.79 Å². The molecule has 1 aliphatic rings. The lowest BCUT2D eigenvalue weighted by molar-refractivity contribution is -0.126. The maximum absolute atomic E-state index is 12.9. The van der Waals surface area contributed by atoms with Crippen LogP contribution in [0.3, 0.4) is 0 Å². The Bertz CT molecular complexity index is 1080. The van der Waals surface area contributed by atoms with E-state index in [0.29, 0.717) is 54.1 Å². The van der Waals surface area contributed by atoms with Crippen LogP contribution in [0.25, 0.3) is 0 Å². The largest absolute Gasteiger partial charge is 0.491 e. The van der Waals surface area contributed by atoms with E-state index < -0.39 is 15.9 Å². The summed E-state index contributed by atoms with van der Waals surface area (Å²) in [6, 6.07) is 12.6. The summed E-state index contributed by atoms with van der Waals surface area (Å²) in [7, 11) is -3.61. The minimum Gasteiger partial charge on any atom is -0.491 e. The average Bonchev–Trinajstić information content (AvgIpc) is 2.78. The van der Waals surface area contributed by atoms with E-state index in [1.165, 1.54) is 10.4 Å². The second-order valence-corrected chi connectivity index (χ2v) is 11.3. The number of nitrogens with one attached hydrogen (secondary N) is 1. The summed E-state index contributed by atoms with van der Waals surface area (Å²) in [4.78, 5) is 12.7. The standard InChI is InChI=1S/C24H30Cl2N2O4S/c1-17(2)21-7-3-4-8-23(21)32-13-11-27-24(29)18-6-5-12-28(15-18)33(30,31)16-19-9-10-20(25)14-22(19)26/h3-4,7-10,14,17-18H,5-6,11-13,15-16H2,1-2H3,(H,27,29)/t18-/m0/s1. The van der Waals surface area contributed by atoms with Crippen molar-refractivity contribution in [3.63, 3.8) is 0 Å². The molecule has 1 N–H and O–H groups in total. The number of amides is 1. The zero-order valence-electron chi connectivity index (χ0n) is 18.9. The lowest BCUT2D eigenvalue weighted by atomic mass is 9.99. The number of benzene rings is 2. The predicted molar refractivity (Wildman–Crippen MR) is 132 cm³/mol. The molecule has 0 saturated carbocycles. The van der Waals surface area contributed by atoms with Crippen LogP contribution in [0.2, 0.25) is 10.0 Å². The molecule has 9 heteroatoms. The molecule has 0 radical (unpaired) electrons. The highest BCUT2D eigenvalue weighted by molar-refractivity contribution is 7.88. The van der Waals surface area contributed by atoms with Crippen molar-refractivity contribution < 1.29 is 17.9 Å². The Labute approximate surface area is 206 Å². The van der Waals surface area contributed by atoms with Crippen LogP contribution in [0.4, 0.5) is 0 Å². The normalized spacial score (nSPS) is 17.2. The smallest absolute Gasteiger partial charge is 0.224 e. The Balaban J connectivity index is 1.52. The zero-order chi connectivity index (χ0) is 24.0. The van der Waals surface area contributed by atoms with Crippen LogP contribution in [0.1, 0.15) is 43.7 Å². The maximum Gasteiger partial charge on any atom is 0.224 e. The van der Waals surface area contributed by atoms with Gasteiger partial charge in [-0.1, -0.05) is 61.3 Å². The highest BCUT2D eigenvalue weighted by Gasteiger charge is 2.32. The number of halogens is 2. The number of piperidine rings is 1. The van der Waals surface area contributed by atoms with Crippen molar-refractivity contribution in [3.05, 3.63) is 63.6 Å². The maximum atomic E-state index is 12.9. The van der Waals surface area contributed by atoms with Gasteiger partial charge in [0, 0.05) is 23.1 Å². The van der Waals surface area contributed by atoms with Crippen molar-refractivity contribution in [2.45, 2.75) is 38.4 Å². The number of carbonyl (C=O) groups is 1. The fraction of sp³-hybridized carbons (Fsp3) is 0.458. The van der Waals surface area contributed by atoms with Crippen LogP contribution in [0.5, 0.6) is 5.75 Å². The van der Waals surface area contributed by atoms with E-state index in [1.54, 1.807) is 12.1 Å². The first-order valence-corrected chi connectivity index (χ1v) is 13.4. The number of carbonyl (C=O) groups excluding carboxylic acids is 1. The van der Waals surface area contributed by atoms with Crippen LogP contribution in [-0.2, 0) is 20.6 Å². The summed E-state index contributed by atoms with van der Waals surface area (Å²) < 4.78 is 33.1. The summed E-state index contributed by atoms with van der Waals surface area (Å²) in [5, 5.41) is 3.65. The monoisotopic (exact) mass is 512 g/mol. The van der Waals surface area contributed by atoms with Crippen LogP contribution < -0.4 is 10.1 Å². The first-order valence-electron chi connectivity index (χ1n) is 11.1. The van der Waals surface area contributed by atoms with Gasteiger partial charge < -0.3 is 10.1 Å². The topological polar surface area (TPSA) is 75.7 Å². The third kappa shape index (κ3) is 7.09. The summed E-state index contributed by atoms with van der Waals surface area (Å²) in [5.41, 5.74) is 1.62. The molecule has 0 unspecified atom stereocenters. The number of ether oxygens (including phenoxy) is 1. The van der Waals surface area contributed by atoms with E-state index >= 15 is 0 Å². The molecule has 33 heavy (non-hydrogen) atoms. The van der Waals surface area contributed by atoms with Crippen LogP contribution in [0, 0.1) is 5.92 Å². The summed E-state index contributed by atoms with van der Waals surface area (Å²) in [6.07, 6.45) is 1.28. The molecule has 0 aromatic heterocycles. The molecule has 1 atom stereocenters. The van der Waals surface area contributed by atoms with Crippen molar-refractivity contribution in [3.8, 4) is 5.75 Å². The Morgan fingerprint density at radius 2 is 1.97 bits per heavy atom. The molecule has 1 saturated heterocycles. The number of sulfonamides is 1. The van der Waals surface area contributed by atoms with Gasteiger partial charge in [0.05, 0.1) is 18.2 Å². The van der Waals surface area contributed by atoms with Gasteiger partial charge in [-0.15, -0.1) is 0 Å². The Hall–Kier alpha value is -1.80. The third-order valence-electron chi connectivity index (χ3n) is 5.70. The molecule has 1 aliphatic heterocycles. The zero-order valence-corrected chi connectivity index (χ0v) is 21.2. The highest BCUT2D eigenvalue weighted by Crippen LogP contribution is 2.27. The lowest BCUT2D eigenvalue weighted by Gasteiger charge is -2.31. The molecule has 0 aliphatic carbocycles. The molecule has 1 heterocycles. The van der Waals surface area contributed by atoms with E-state index in [-0.39, 0.29) is 18.2 Å². The molecule has 0 bridgehead atoms. The van der Waals surface area contributed by atoms with Gasteiger partial charge in [0.1, 0.15) is 12.4 Å². The molecular weight excluding hydrogens is 483 g/mol. The Kier molecular flexibility index (Phi) is 9.04. The minimum absolute atomic E-state index is 0.153. The quantitative estimate of drug-likeness (QED) is 0.487. The first-order chi connectivity index (χ1) is 15.7. The fourth-order valence-electron chi connectivity index (χ4n) is 3.90. The molecule has 0 spiro atoms. The average molecular weight is 513 g/mol. The number of hydrogen-bond donors (Lipinski definition) is 1. The van der Waals surface area contributed by atoms with Gasteiger partial charge in [-0.25, -0.2) is 12.7 Å². The van der Waals surface area contributed by atoms with Crippen molar-refractivity contribution in [2.75, 3.05) is 26.2 Å². The van der Waals surface area contributed by atoms with Crippen molar-refractivity contribution in [1.82, 2.24) is 9.62 Å². The SMILES string of the molecule is CC(C)c1ccccc1OCCNC(=O)[C@H]1CCCN(S(=O)(=O)Cc2ccc(Cl)cc2Cl)C1. The molecule has 3 rings (SSSR count). The van der Waals surface area contributed by atoms with E-state index in [9.17, 15) is 13.2 Å². The molecule has 2 aromatic carbocycles. The van der Waals surface area contributed by atoms with Crippen LogP contribution >= 0.6 is 23.2 Å². The van der Waals surface area contributed by atoms with Gasteiger partial charge in [-0.2, -0.15) is 0 Å². The lowest BCUT2D eigenvalue weighted by Crippen LogP contribution is -2.46. The number of rotatable bonds is 9. The summed E-state index contributed by atoms with van der Waals surface area (Å²) in [6.45, 7) is 5.47. The first kappa shape index (κ1) is 25.8. The molecule has 6 nitrogen and oxygen atoms in total. The van der Waals surface area contributed by atoms with E-state index in [2.05, 4.69) is 19.2 Å². The third-order valence-corrected chi connectivity index (χ3v) is 8.08. The number of nitrogens with zero attached hydrogens (tertiary/aromatic N) is 1. The molecule has 1 amide bonds. The number of hydrogen-bond acceptors (Lipinski definition) is 4. The molecular formula is C24H30Cl2N2O4S.